The van der Waals surface area contributed by atoms with Crippen molar-refractivity contribution in [3.63, 3.8) is 0 Å². The summed E-state index contributed by atoms with van der Waals surface area (Å²) in [5.74, 6) is 0.0607. The lowest BCUT2D eigenvalue weighted by atomic mass is 9.86. The molecule has 1 amide bonds. The number of hydrogen-bond donors (Lipinski definition) is 3. The van der Waals surface area contributed by atoms with E-state index in [0.717, 1.165) is 12.8 Å². The predicted octanol–water partition coefficient (Wildman–Crippen LogP) is 1.54. The monoisotopic (exact) mass is 295 g/mol. The van der Waals surface area contributed by atoms with E-state index in [2.05, 4.69) is 15.8 Å². The highest BCUT2D eigenvalue weighted by molar-refractivity contribution is 5.89. The molecule has 1 aliphatic carbocycles. The van der Waals surface area contributed by atoms with E-state index in [1.807, 2.05) is 0 Å². The maximum Gasteiger partial charge on any atom is 0.306 e. The lowest BCUT2D eigenvalue weighted by molar-refractivity contribution is -0.142. The molecule has 7 nitrogen and oxygen atoms in total. The Morgan fingerprint density at radius 3 is 2.67 bits per heavy atom. The molecule has 0 saturated heterocycles. The number of amides is 1. The lowest BCUT2D eigenvalue weighted by Crippen LogP contribution is -2.36. The SMILES string of the molecule is Cc1cc(NC(=O)CCNC2CCC(C(=O)O)CC2)no1. The van der Waals surface area contributed by atoms with Crippen molar-refractivity contribution >= 4 is 17.7 Å². The van der Waals surface area contributed by atoms with E-state index in [9.17, 15) is 9.59 Å². The van der Waals surface area contributed by atoms with Gasteiger partial charge < -0.3 is 20.3 Å². The second kappa shape index (κ2) is 7.21. The first-order chi connectivity index (χ1) is 10.0. The topological polar surface area (TPSA) is 104 Å². The number of aryl methyl sites for hydroxylation is 1. The molecule has 1 aromatic rings. The summed E-state index contributed by atoms with van der Waals surface area (Å²) in [5.41, 5.74) is 0. The third kappa shape index (κ3) is 4.86. The van der Waals surface area contributed by atoms with Crippen LogP contribution in [0.5, 0.6) is 0 Å². The number of aromatic nitrogens is 1. The van der Waals surface area contributed by atoms with Crippen LogP contribution in [0, 0.1) is 12.8 Å². The standard InChI is InChI=1S/C14H21N3O4/c1-9-8-12(17-21-9)16-13(18)6-7-15-11-4-2-10(3-5-11)14(19)20/h8,10-11,15H,2-7H2,1H3,(H,19,20)(H,16,17,18). The molecule has 1 fully saturated rings. The van der Waals surface area contributed by atoms with Crippen LogP contribution in [0.3, 0.4) is 0 Å². The molecule has 0 unspecified atom stereocenters. The molecule has 7 heteroatoms. The van der Waals surface area contributed by atoms with Crippen molar-refractivity contribution in [2.45, 2.75) is 45.1 Å². The fourth-order valence-electron chi connectivity index (χ4n) is 2.56. The van der Waals surface area contributed by atoms with Crippen molar-refractivity contribution in [2.75, 3.05) is 11.9 Å². The van der Waals surface area contributed by atoms with Gasteiger partial charge in [0, 0.05) is 25.1 Å². The number of hydrogen-bond acceptors (Lipinski definition) is 5. The number of nitrogens with zero attached hydrogens (tertiary/aromatic N) is 1. The number of rotatable bonds is 6. The highest BCUT2D eigenvalue weighted by atomic mass is 16.5. The van der Waals surface area contributed by atoms with Crippen LogP contribution in [0.4, 0.5) is 5.82 Å². The maximum atomic E-state index is 11.7. The molecule has 0 aromatic carbocycles. The van der Waals surface area contributed by atoms with E-state index < -0.39 is 5.97 Å². The van der Waals surface area contributed by atoms with E-state index in [0.29, 0.717) is 43.4 Å². The molecule has 1 aliphatic rings. The Bertz CT molecular complexity index is 492. The first-order valence-electron chi connectivity index (χ1n) is 7.24. The molecule has 1 saturated carbocycles. The van der Waals surface area contributed by atoms with E-state index in [1.54, 1.807) is 13.0 Å². The average molecular weight is 295 g/mol. The molecular weight excluding hydrogens is 274 g/mol. The van der Waals surface area contributed by atoms with Gasteiger partial charge in [0.1, 0.15) is 5.76 Å². The van der Waals surface area contributed by atoms with E-state index >= 15 is 0 Å². The lowest BCUT2D eigenvalue weighted by Gasteiger charge is -2.26. The van der Waals surface area contributed by atoms with Gasteiger partial charge in [-0.2, -0.15) is 0 Å². The van der Waals surface area contributed by atoms with Gasteiger partial charge >= 0.3 is 5.97 Å². The summed E-state index contributed by atoms with van der Waals surface area (Å²) in [5, 5.41) is 18.6. The Kier molecular flexibility index (Phi) is 5.32. The highest BCUT2D eigenvalue weighted by Gasteiger charge is 2.25. The van der Waals surface area contributed by atoms with Gasteiger partial charge in [0.25, 0.3) is 0 Å². The molecule has 116 valence electrons. The second-order valence-electron chi connectivity index (χ2n) is 5.46. The van der Waals surface area contributed by atoms with Gasteiger partial charge in [-0.3, -0.25) is 9.59 Å². The summed E-state index contributed by atoms with van der Waals surface area (Å²) < 4.78 is 4.87. The Morgan fingerprint density at radius 1 is 1.38 bits per heavy atom. The van der Waals surface area contributed by atoms with Gasteiger partial charge in [-0.1, -0.05) is 5.16 Å². The largest absolute Gasteiger partial charge is 0.481 e. The van der Waals surface area contributed by atoms with Crippen molar-refractivity contribution in [3.8, 4) is 0 Å². The number of carbonyl (C=O) groups excluding carboxylic acids is 1. The summed E-state index contributed by atoms with van der Waals surface area (Å²) in [4.78, 5) is 22.5. The molecule has 1 heterocycles. The van der Waals surface area contributed by atoms with Gasteiger partial charge in [-0.15, -0.1) is 0 Å². The Hall–Kier alpha value is -1.89. The number of nitrogens with one attached hydrogen (secondary N) is 2. The number of carboxylic acid groups (broad SMARTS) is 1. The summed E-state index contributed by atoms with van der Waals surface area (Å²) >= 11 is 0. The van der Waals surface area contributed by atoms with Crippen molar-refractivity contribution in [3.05, 3.63) is 11.8 Å². The molecule has 0 aliphatic heterocycles. The quantitative estimate of drug-likeness (QED) is 0.735. The Balaban J connectivity index is 1.61. The fourth-order valence-corrected chi connectivity index (χ4v) is 2.56. The minimum Gasteiger partial charge on any atom is -0.481 e. The molecule has 0 radical (unpaired) electrons. The predicted molar refractivity (Wildman–Crippen MR) is 75.9 cm³/mol. The Morgan fingerprint density at radius 2 is 2.10 bits per heavy atom. The molecule has 0 bridgehead atoms. The zero-order chi connectivity index (χ0) is 15.2. The average Bonchev–Trinajstić information content (AvgIpc) is 2.84. The van der Waals surface area contributed by atoms with Gasteiger partial charge in [-0.25, -0.2) is 0 Å². The van der Waals surface area contributed by atoms with Crippen molar-refractivity contribution in [1.82, 2.24) is 10.5 Å². The van der Waals surface area contributed by atoms with E-state index in [-0.39, 0.29) is 11.8 Å². The van der Waals surface area contributed by atoms with Gasteiger partial charge in [0.2, 0.25) is 5.91 Å². The number of carbonyl (C=O) groups is 2. The number of anilines is 1. The van der Waals surface area contributed by atoms with Crippen LogP contribution in [0.1, 0.15) is 37.9 Å². The molecule has 3 N–H and O–H groups in total. The molecule has 0 spiro atoms. The zero-order valence-corrected chi connectivity index (χ0v) is 12.1. The summed E-state index contributed by atoms with van der Waals surface area (Å²) in [6.45, 7) is 2.34. The summed E-state index contributed by atoms with van der Waals surface area (Å²) in [7, 11) is 0. The Labute approximate surface area is 123 Å². The van der Waals surface area contributed by atoms with E-state index in [1.165, 1.54) is 0 Å². The van der Waals surface area contributed by atoms with Crippen LogP contribution >= 0.6 is 0 Å². The number of carboxylic acids is 1. The highest BCUT2D eigenvalue weighted by Crippen LogP contribution is 2.24. The summed E-state index contributed by atoms with van der Waals surface area (Å²) in [6.07, 6.45) is 3.46. The fraction of sp³-hybridized carbons (Fsp3) is 0.643. The van der Waals surface area contributed by atoms with Crippen molar-refractivity contribution in [1.29, 1.82) is 0 Å². The van der Waals surface area contributed by atoms with Gasteiger partial charge in [-0.05, 0) is 32.6 Å². The molecule has 1 aromatic heterocycles. The van der Waals surface area contributed by atoms with Crippen LogP contribution in [0.25, 0.3) is 0 Å². The van der Waals surface area contributed by atoms with Gasteiger partial charge in [0.15, 0.2) is 5.82 Å². The summed E-state index contributed by atoms with van der Waals surface area (Å²) in [6, 6.07) is 1.97. The minimum absolute atomic E-state index is 0.116. The molecule has 0 atom stereocenters. The molecular formula is C14H21N3O4. The van der Waals surface area contributed by atoms with Crippen LogP contribution in [0.2, 0.25) is 0 Å². The van der Waals surface area contributed by atoms with Crippen molar-refractivity contribution < 1.29 is 19.2 Å². The minimum atomic E-state index is -0.698. The normalized spacial score (nSPS) is 22.0. The molecule has 21 heavy (non-hydrogen) atoms. The maximum absolute atomic E-state index is 11.7. The van der Waals surface area contributed by atoms with Crippen LogP contribution in [-0.4, -0.2) is 34.7 Å². The van der Waals surface area contributed by atoms with E-state index in [4.69, 9.17) is 9.63 Å². The van der Waals surface area contributed by atoms with Crippen LogP contribution in [-0.2, 0) is 9.59 Å². The first-order valence-corrected chi connectivity index (χ1v) is 7.24. The van der Waals surface area contributed by atoms with Crippen molar-refractivity contribution in [2.24, 2.45) is 5.92 Å². The van der Waals surface area contributed by atoms with Crippen LogP contribution in [0.15, 0.2) is 10.6 Å². The third-order valence-electron chi connectivity index (χ3n) is 3.76. The van der Waals surface area contributed by atoms with Crippen LogP contribution < -0.4 is 10.6 Å². The second-order valence-corrected chi connectivity index (χ2v) is 5.46. The zero-order valence-electron chi connectivity index (χ0n) is 12.1. The number of aliphatic carboxylic acids is 1. The van der Waals surface area contributed by atoms with Gasteiger partial charge in [0.05, 0.1) is 5.92 Å². The third-order valence-corrected chi connectivity index (χ3v) is 3.76. The first kappa shape index (κ1) is 15.5. The molecule has 2 rings (SSSR count). The smallest absolute Gasteiger partial charge is 0.306 e.